The predicted octanol–water partition coefficient (Wildman–Crippen LogP) is 3.95. The fraction of sp³-hybridized carbons (Fsp3) is 0.375. The summed E-state index contributed by atoms with van der Waals surface area (Å²) in [6.45, 7) is 7.34. The maximum absolute atomic E-state index is 4.18. The molecule has 1 fully saturated rings. The Kier molecular flexibility index (Phi) is 3.68. The van der Waals surface area contributed by atoms with E-state index in [1.807, 2.05) is 6.07 Å². The van der Waals surface area contributed by atoms with E-state index in [2.05, 4.69) is 55.8 Å². The first-order valence-corrected chi connectivity index (χ1v) is 6.29. The van der Waals surface area contributed by atoms with Gasteiger partial charge >= 0.3 is 0 Å². The lowest BCUT2D eigenvalue weighted by atomic mass is 10.1. The van der Waals surface area contributed by atoms with Crippen LogP contribution in [0.25, 0.3) is 6.08 Å². The number of likely N-dealkylation sites (N-methyl/N-ethyl adjacent to an activating group) is 1. The molecular formula is C16H21N. The molecule has 0 heterocycles. The van der Waals surface area contributed by atoms with E-state index in [0.29, 0.717) is 0 Å². The highest BCUT2D eigenvalue weighted by molar-refractivity contribution is 5.52. The summed E-state index contributed by atoms with van der Waals surface area (Å²) in [4.78, 5) is 2.28. The van der Waals surface area contributed by atoms with Crippen molar-refractivity contribution in [3.8, 4) is 0 Å². The standard InChI is InChI=1S/C16H21N/c1-13(11-15-7-5-4-6-8-15)12-17(3)14(2)16-9-10-16/h4-8,11,16H,2,9-10,12H2,1,3H3/b13-11-. The molecule has 1 aromatic carbocycles. The first kappa shape index (κ1) is 12.0. The van der Waals surface area contributed by atoms with Crippen LogP contribution in [0.2, 0.25) is 0 Å². The monoisotopic (exact) mass is 227 g/mol. The van der Waals surface area contributed by atoms with Gasteiger partial charge in [0.05, 0.1) is 0 Å². The van der Waals surface area contributed by atoms with Gasteiger partial charge in [-0.3, -0.25) is 0 Å². The molecule has 0 aliphatic heterocycles. The molecule has 1 saturated carbocycles. The minimum Gasteiger partial charge on any atom is -0.374 e. The summed E-state index contributed by atoms with van der Waals surface area (Å²) in [6, 6.07) is 10.5. The van der Waals surface area contributed by atoms with Crippen LogP contribution in [-0.2, 0) is 0 Å². The smallest absolute Gasteiger partial charge is 0.0383 e. The van der Waals surface area contributed by atoms with E-state index in [9.17, 15) is 0 Å². The minimum atomic E-state index is 0.754. The molecule has 17 heavy (non-hydrogen) atoms. The molecule has 0 amide bonds. The molecule has 0 N–H and O–H groups in total. The van der Waals surface area contributed by atoms with E-state index in [0.717, 1.165) is 12.5 Å². The third-order valence-corrected chi connectivity index (χ3v) is 3.24. The van der Waals surface area contributed by atoms with E-state index in [4.69, 9.17) is 0 Å². The first-order chi connectivity index (χ1) is 8.16. The highest BCUT2D eigenvalue weighted by atomic mass is 15.1. The fourth-order valence-corrected chi connectivity index (χ4v) is 2.08. The highest BCUT2D eigenvalue weighted by Gasteiger charge is 2.26. The summed E-state index contributed by atoms with van der Waals surface area (Å²) in [7, 11) is 2.14. The third-order valence-electron chi connectivity index (χ3n) is 3.24. The van der Waals surface area contributed by atoms with Crippen LogP contribution < -0.4 is 0 Å². The first-order valence-electron chi connectivity index (χ1n) is 6.29. The Morgan fingerprint density at radius 3 is 2.59 bits per heavy atom. The molecule has 0 aromatic heterocycles. The van der Waals surface area contributed by atoms with Crippen molar-refractivity contribution in [2.45, 2.75) is 19.8 Å². The van der Waals surface area contributed by atoms with Gasteiger partial charge < -0.3 is 4.90 Å². The summed E-state index contributed by atoms with van der Waals surface area (Å²) in [5.74, 6) is 0.754. The van der Waals surface area contributed by atoms with E-state index in [1.165, 1.54) is 29.7 Å². The van der Waals surface area contributed by atoms with Crippen molar-refractivity contribution in [1.29, 1.82) is 0 Å². The zero-order valence-electron chi connectivity index (χ0n) is 10.8. The molecule has 0 atom stereocenters. The average molecular weight is 227 g/mol. The van der Waals surface area contributed by atoms with Gasteiger partial charge in [0.2, 0.25) is 0 Å². The topological polar surface area (TPSA) is 3.24 Å². The van der Waals surface area contributed by atoms with Crippen molar-refractivity contribution in [1.82, 2.24) is 4.90 Å². The molecule has 2 rings (SSSR count). The van der Waals surface area contributed by atoms with Crippen molar-refractivity contribution >= 4 is 6.08 Å². The number of benzene rings is 1. The second kappa shape index (κ2) is 5.22. The molecule has 1 nitrogen and oxygen atoms in total. The van der Waals surface area contributed by atoms with E-state index >= 15 is 0 Å². The second-order valence-corrected chi connectivity index (χ2v) is 5.02. The Balaban J connectivity index is 1.94. The van der Waals surface area contributed by atoms with Crippen LogP contribution in [0.4, 0.5) is 0 Å². The molecule has 1 aliphatic carbocycles. The summed E-state index contributed by atoms with van der Waals surface area (Å²) in [5.41, 5.74) is 3.95. The third kappa shape index (κ3) is 3.48. The molecule has 1 aliphatic rings. The second-order valence-electron chi connectivity index (χ2n) is 5.02. The minimum absolute atomic E-state index is 0.754. The van der Waals surface area contributed by atoms with Crippen LogP contribution in [-0.4, -0.2) is 18.5 Å². The molecule has 0 radical (unpaired) electrons. The van der Waals surface area contributed by atoms with E-state index in [-0.39, 0.29) is 0 Å². The van der Waals surface area contributed by atoms with Gasteiger partial charge in [-0.2, -0.15) is 0 Å². The highest BCUT2D eigenvalue weighted by Crippen LogP contribution is 2.36. The van der Waals surface area contributed by atoms with Crippen LogP contribution in [0, 0.1) is 5.92 Å². The van der Waals surface area contributed by atoms with Gasteiger partial charge in [0.15, 0.2) is 0 Å². The van der Waals surface area contributed by atoms with Crippen molar-refractivity contribution in [3.05, 3.63) is 53.7 Å². The van der Waals surface area contributed by atoms with Crippen LogP contribution in [0.1, 0.15) is 25.3 Å². The van der Waals surface area contributed by atoms with Crippen LogP contribution >= 0.6 is 0 Å². The summed E-state index contributed by atoms with van der Waals surface area (Å²) < 4.78 is 0. The zero-order chi connectivity index (χ0) is 12.3. The number of nitrogens with zero attached hydrogens (tertiary/aromatic N) is 1. The Morgan fingerprint density at radius 2 is 2.00 bits per heavy atom. The lowest BCUT2D eigenvalue weighted by Crippen LogP contribution is -2.20. The maximum atomic E-state index is 4.18. The maximum Gasteiger partial charge on any atom is 0.0383 e. The molecule has 0 bridgehead atoms. The average Bonchev–Trinajstić information content (AvgIpc) is 3.13. The zero-order valence-corrected chi connectivity index (χ0v) is 10.8. The quantitative estimate of drug-likeness (QED) is 0.736. The summed E-state index contributed by atoms with van der Waals surface area (Å²) in [6.07, 6.45) is 4.89. The van der Waals surface area contributed by atoms with Crippen LogP contribution in [0.15, 0.2) is 48.2 Å². The van der Waals surface area contributed by atoms with Gasteiger partial charge in [0, 0.05) is 19.3 Å². The lowest BCUT2D eigenvalue weighted by molar-refractivity contribution is 0.430. The van der Waals surface area contributed by atoms with Crippen molar-refractivity contribution in [2.75, 3.05) is 13.6 Å². The van der Waals surface area contributed by atoms with Gasteiger partial charge in [0.25, 0.3) is 0 Å². The van der Waals surface area contributed by atoms with Gasteiger partial charge in [-0.05, 0) is 31.2 Å². The Labute approximate surface area is 104 Å². The van der Waals surface area contributed by atoms with Crippen molar-refractivity contribution in [3.63, 3.8) is 0 Å². The Hall–Kier alpha value is -1.50. The number of rotatable bonds is 5. The number of hydrogen-bond acceptors (Lipinski definition) is 1. The fourth-order valence-electron chi connectivity index (χ4n) is 2.08. The van der Waals surface area contributed by atoms with Gasteiger partial charge in [-0.25, -0.2) is 0 Å². The molecule has 1 aromatic rings. The molecule has 0 unspecified atom stereocenters. The predicted molar refractivity (Wildman–Crippen MR) is 74.6 cm³/mol. The Bertz CT molecular complexity index is 412. The van der Waals surface area contributed by atoms with Crippen LogP contribution in [0.5, 0.6) is 0 Å². The molecule has 90 valence electrons. The Morgan fingerprint density at radius 1 is 1.35 bits per heavy atom. The normalized spacial score (nSPS) is 15.8. The largest absolute Gasteiger partial charge is 0.374 e. The van der Waals surface area contributed by atoms with Crippen molar-refractivity contribution in [2.24, 2.45) is 5.92 Å². The summed E-state index contributed by atoms with van der Waals surface area (Å²) in [5, 5.41) is 0. The van der Waals surface area contributed by atoms with Crippen LogP contribution in [0.3, 0.4) is 0 Å². The number of allylic oxidation sites excluding steroid dienone is 1. The molecule has 1 heteroatoms. The molecule has 0 spiro atoms. The van der Waals surface area contributed by atoms with Gasteiger partial charge in [0.1, 0.15) is 0 Å². The molecule has 0 saturated heterocycles. The number of hydrogen-bond donors (Lipinski definition) is 0. The SMILES string of the molecule is C=C(C1CC1)N(C)C/C(C)=C\c1ccccc1. The van der Waals surface area contributed by atoms with Gasteiger partial charge in [-0.15, -0.1) is 0 Å². The van der Waals surface area contributed by atoms with E-state index < -0.39 is 0 Å². The summed E-state index contributed by atoms with van der Waals surface area (Å²) >= 11 is 0. The lowest BCUT2D eigenvalue weighted by Gasteiger charge is -2.22. The van der Waals surface area contributed by atoms with Gasteiger partial charge in [-0.1, -0.05) is 48.6 Å². The molecular weight excluding hydrogens is 206 g/mol. The van der Waals surface area contributed by atoms with E-state index in [1.54, 1.807) is 0 Å². The van der Waals surface area contributed by atoms with Crippen molar-refractivity contribution < 1.29 is 0 Å².